The lowest BCUT2D eigenvalue weighted by Crippen LogP contribution is -2.40. The zero-order chi connectivity index (χ0) is 19.0. The number of nitrogens with zero attached hydrogens (tertiary/aromatic N) is 3. The second kappa shape index (κ2) is 6.96. The third-order valence-corrected chi connectivity index (χ3v) is 5.10. The third kappa shape index (κ3) is 3.36. The summed E-state index contributed by atoms with van der Waals surface area (Å²) in [5.74, 6) is 1.05. The zero-order valence-corrected chi connectivity index (χ0v) is 15.2. The van der Waals surface area contributed by atoms with Crippen LogP contribution in [0.3, 0.4) is 0 Å². The molecule has 0 N–H and O–H groups in total. The molecule has 0 saturated carbocycles. The molecule has 7 heteroatoms. The Balaban J connectivity index is 1.62. The van der Waals surface area contributed by atoms with E-state index in [1.165, 1.54) is 24.3 Å². The predicted molar refractivity (Wildman–Crippen MR) is 101 cm³/mol. The molecule has 2 aromatic carbocycles. The largest absolute Gasteiger partial charge is 0.290 e. The highest BCUT2D eigenvalue weighted by Crippen LogP contribution is 2.26. The third-order valence-electron chi connectivity index (χ3n) is 4.85. The topological polar surface area (TPSA) is 69.0 Å². The number of hydrogen-bond donors (Lipinski definition) is 0. The fourth-order valence-corrected chi connectivity index (χ4v) is 3.64. The summed E-state index contributed by atoms with van der Waals surface area (Å²) in [5.41, 5.74) is 2.58. The van der Waals surface area contributed by atoms with Crippen LogP contribution in [0.2, 0.25) is 5.02 Å². The molecule has 0 saturated heterocycles. The molecule has 1 aliphatic heterocycles. The van der Waals surface area contributed by atoms with E-state index in [0.717, 1.165) is 36.5 Å². The number of aromatic nitrogens is 2. The van der Waals surface area contributed by atoms with E-state index in [0.29, 0.717) is 10.6 Å². The lowest BCUT2D eigenvalue weighted by atomic mass is 10.1. The smallest absolute Gasteiger partial charge is 0.269 e. The summed E-state index contributed by atoms with van der Waals surface area (Å²) < 4.78 is 4.23. The first-order valence-corrected chi connectivity index (χ1v) is 9.06. The first-order chi connectivity index (χ1) is 13.0. The molecule has 0 unspecified atom stereocenters. The summed E-state index contributed by atoms with van der Waals surface area (Å²) in [5, 5.41) is 11.5. The second-order valence-electron chi connectivity index (χ2n) is 6.55. The lowest BCUT2D eigenvalue weighted by Gasteiger charge is -2.00. The molecule has 0 fully saturated rings. The molecule has 6 nitrogen and oxygen atoms in total. The van der Waals surface area contributed by atoms with Crippen molar-refractivity contribution in [2.24, 2.45) is 0 Å². The molecular weight excluding hydrogens is 366 g/mol. The highest BCUT2D eigenvalue weighted by atomic mass is 35.5. The van der Waals surface area contributed by atoms with Gasteiger partial charge in [-0.3, -0.25) is 14.9 Å². The van der Waals surface area contributed by atoms with Gasteiger partial charge in [0, 0.05) is 28.3 Å². The van der Waals surface area contributed by atoms with Crippen LogP contribution in [0, 0.1) is 10.1 Å². The number of nitro benzene ring substituents is 1. The van der Waals surface area contributed by atoms with E-state index in [9.17, 15) is 14.9 Å². The molecule has 0 atom stereocenters. The summed E-state index contributed by atoms with van der Waals surface area (Å²) in [6.07, 6.45) is 3.96. The number of imidazole rings is 1. The fraction of sp³-hybridized carbons (Fsp3) is 0.200. The number of carbonyl (C=O) groups excluding carboxylic acids is 1. The number of carbonyl (C=O) groups is 1. The Bertz CT molecular complexity index is 1020. The van der Waals surface area contributed by atoms with E-state index in [-0.39, 0.29) is 18.0 Å². The van der Waals surface area contributed by atoms with Gasteiger partial charge in [0.15, 0.2) is 12.2 Å². The van der Waals surface area contributed by atoms with Crippen molar-refractivity contribution in [2.75, 3.05) is 0 Å². The number of nitro groups is 1. The van der Waals surface area contributed by atoms with Crippen molar-refractivity contribution < 1.29 is 14.3 Å². The number of non-ortho nitro benzene ring substituents is 1. The van der Waals surface area contributed by atoms with Crippen LogP contribution in [0.15, 0.2) is 54.7 Å². The normalized spacial score (nSPS) is 12.8. The van der Waals surface area contributed by atoms with Gasteiger partial charge in [-0.1, -0.05) is 11.6 Å². The fourth-order valence-electron chi connectivity index (χ4n) is 3.51. The number of hydrogen-bond acceptors (Lipinski definition) is 3. The van der Waals surface area contributed by atoms with Crippen molar-refractivity contribution in [1.82, 2.24) is 4.57 Å². The van der Waals surface area contributed by atoms with Crippen LogP contribution >= 0.6 is 11.6 Å². The molecule has 136 valence electrons. The Labute approximate surface area is 160 Å². The average molecular weight is 383 g/mol. The van der Waals surface area contributed by atoms with Crippen LogP contribution in [0.25, 0.3) is 11.3 Å². The molecule has 0 radical (unpaired) electrons. The molecule has 1 aromatic heterocycles. The van der Waals surface area contributed by atoms with Crippen LogP contribution < -0.4 is 4.57 Å². The Hall–Kier alpha value is -2.99. The van der Waals surface area contributed by atoms with Gasteiger partial charge >= 0.3 is 0 Å². The minimum absolute atomic E-state index is 0.0195. The molecule has 2 heterocycles. The monoisotopic (exact) mass is 382 g/mol. The standard InChI is InChI=1S/C20H17ClN3O3/c21-16-7-3-14(4-8-16)18-12-22(20-2-1-11-23(18)20)13-19(25)15-5-9-17(10-6-15)24(26)27/h3-10,12H,1-2,11,13H2/q+1. The van der Waals surface area contributed by atoms with Crippen molar-refractivity contribution in [3.8, 4) is 11.3 Å². The number of halogens is 1. The number of rotatable bonds is 5. The lowest BCUT2D eigenvalue weighted by molar-refractivity contribution is -0.689. The molecule has 0 amide bonds. The molecule has 0 aliphatic carbocycles. The minimum atomic E-state index is -0.470. The second-order valence-corrected chi connectivity index (χ2v) is 6.98. The van der Waals surface area contributed by atoms with Crippen molar-refractivity contribution in [3.05, 3.63) is 81.3 Å². The van der Waals surface area contributed by atoms with Crippen LogP contribution in [0.1, 0.15) is 22.6 Å². The van der Waals surface area contributed by atoms with Crippen LogP contribution in [0.5, 0.6) is 0 Å². The summed E-state index contributed by atoms with van der Waals surface area (Å²) in [6.45, 7) is 1.13. The van der Waals surface area contributed by atoms with Gasteiger partial charge in [-0.25, -0.2) is 9.13 Å². The highest BCUT2D eigenvalue weighted by Gasteiger charge is 2.29. The molecule has 27 heavy (non-hydrogen) atoms. The number of benzene rings is 2. The quantitative estimate of drug-likeness (QED) is 0.291. The number of Topliss-reactive ketones (excluding diaryl/α,β-unsaturated/α-hetero) is 1. The zero-order valence-electron chi connectivity index (χ0n) is 14.5. The molecule has 0 bridgehead atoms. The Morgan fingerprint density at radius 3 is 2.52 bits per heavy atom. The Kier molecular flexibility index (Phi) is 4.49. The summed E-state index contributed by atoms with van der Waals surface area (Å²) in [6, 6.07) is 13.4. The first-order valence-electron chi connectivity index (χ1n) is 8.68. The van der Waals surface area contributed by atoms with Crippen molar-refractivity contribution in [1.29, 1.82) is 0 Å². The highest BCUT2D eigenvalue weighted by molar-refractivity contribution is 6.30. The predicted octanol–water partition coefficient (Wildman–Crippen LogP) is 3.83. The van der Waals surface area contributed by atoms with Gasteiger partial charge in [0.2, 0.25) is 5.78 Å². The van der Waals surface area contributed by atoms with Crippen LogP contribution in [0.4, 0.5) is 5.69 Å². The number of ketones is 1. The SMILES string of the molecule is O=C(C[n+]1cc(-c2ccc(Cl)cc2)n2c1CCC2)c1ccc([N+](=O)[O-])cc1. The van der Waals surface area contributed by atoms with Gasteiger partial charge in [0.05, 0.1) is 17.9 Å². The van der Waals surface area contributed by atoms with Crippen LogP contribution in [-0.4, -0.2) is 15.3 Å². The van der Waals surface area contributed by atoms with E-state index in [2.05, 4.69) is 4.57 Å². The molecule has 0 spiro atoms. The molecular formula is C20H17ClN3O3+. The van der Waals surface area contributed by atoms with E-state index < -0.39 is 4.92 Å². The summed E-state index contributed by atoms with van der Waals surface area (Å²) in [7, 11) is 0. The Morgan fingerprint density at radius 2 is 1.85 bits per heavy atom. The van der Waals surface area contributed by atoms with Gasteiger partial charge in [0.1, 0.15) is 6.20 Å². The van der Waals surface area contributed by atoms with Gasteiger partial charge in [0.25, 0.3) is 11.5 Å². The van der Waals surface area contributed by atoms with E-state index in [1.54, 1.807) is 0 Å². The van der Waals surface area contributed by atoms with Crippen molar-refractivity contribution in [2.45, 2.75) is 25.9 Å². The van der Waals surface area contributed by atoms with Gasteiger partial charge in [-0.05, 0) is 42.8 Å². The van der Waals surface area contributed by atoms with E-state index >= 15 is 0 Å². The Morgan fingerprint density at radius 1 is 1.15 bits per heavy atom. The van der Waals surface area contributed by atoms with Gasteiger partial charge < -0.3 is 0 Å². The maximum absolute atomic E-state index is 12.7. The van der Waals surface area contributed by atoms with Gasteiger partial charge in [-0.2, -0.15) is 0 Å². The average Bonchev–Trinajstić information content (AvgIpc) is 3.26. The van der Waals surface area contributed by atoms with E-state index in [1.807, 2.05) is 35.0 Å². The van der Waals surface area contributed by atoms with Crippen molar-refractivity contribution >= 4 is 23.1 Å². The van der Waals surface area contributed by atoms with E-state index in [4.69, 9.17) is 11.6 Å². The van der Waals surface area contributed by atoms with Crippen molar-refractivity contribution in [3.63, 3.8) is 0 Å². The number of fused-ring (bicyclic) bond motifs is 1. The summed E-state index contributed by atoms with van der Waals surface area (Å²) >= 11 is 5.99. The van der Waals surface area contributed by atoms with Gasteiger partial charge in [-0.15, -0.1) is 0 Å². The minimum Gasteiger partial charge on any atom is -0.290 e. The first kappa shape index (κ1) is 17.4. The molecule has 3 aromatic rings. The molecule has 1 aliphatic rings. The molecule has 4 rings (SSSR count). The summed E-state index contributed by atoms with van der Waals surface area (Å²) in [4.78, 5) is 23.0. The van der Waals surface area contributed by atoms with Crippen LogP contribution in [-0.2, 0) is 19.5 Å². The maximum Gasteiger partial charge on any atom is 0.269 e. The maximum atomic E-state index is 12.7.